The second-order valence-corrected chi connectivity index (χ2v) is 18.2. The maximum absolute atomic E-state index is 14.2. The van der Waals surface area contributed by atoms with Crippen LogP contribution in [0.15, 0.2) is 60.7 Å². The number of ether oxygens (including phenoxy) is 3. The van der Waals surface area contributed by atoms with Gasteiger partial charge in [-0.25, -0.2) is 24.4 Å². The van der Waals surface area contributed by atoms with Gasteiger partial charge in [0.25, 0.3) is 0 Å². The number of aromatic nitrogens is 4. The van der Waals surface area contributed by atoms with Crippen molar-refractivity contribution in [1.82, 2.24) is 35.5 Å². The lowest BCUT2D eigenvalue weighted by Crippen LogP contribution is -2.51. The Balaban J connectivity index is 1.08. The molecule has 7 unspecified atom stereocenters. The molecule has 4 amide bonds. The molecule has 2 aromatic heterocycles. The Morgan fingerprint density at radius 1 is 0.750 bits per heavy atom. The molecule has 4 aromatic carbocycles. The van der Waals surface area contributed by atoms with Crippen LogP contribution in [0.1, 0.15) is 78.6 Å². The fourth-order valence-electron chi connectivity index (χ4n) is 9.51. The average molecular weight is 872 g/mol. The molecule has 7 atom stereocenters. The predicted molar refractivity (Wildman–Crippen MR) is 246 cm³/mol. The smallest absolute Gasteiger partial charge is 0.410 e. The Labute approximate surface area is 372 Å². The first-order chi connectivity index (χ1) is 30.6. The van der Waals surface area contributed by atoms with Gasteiger partial charge in [0.15, 0.2) is 17.6 Å². The minimum absolute atomic E-state index is 0.107. The van der Waals surface area contributed by atoms with E-state index in [4.69, 9.17) is 24.2 Å². The average Bonchev–Trinajstić information content (AvgIpc) is 3.79. The van der Waals surface area contributed by atoms with E-state index in [2.05, 4.69) is 83.0 Å². The number of nitrogens with one attached hydrogen (secondary N) is 4. The summed E-state index contributed by atoms with van der Waals surface area (Å²) in [7, 11) is 4.25. The number of likely N-dealkylation sites (tertiary alicyclic amines) is 1. The minimum Gasteiger partial charge on any atom is -0.453 e. The zero-order chi connectivity index (χ0) is 45.7. The second-order valence-electron chi connectivity index (χ2n) is 18.2. The normalized spacial score (nSPS) is 20.0. The number of amides is 4. The van der Waals surface area contributed by atoms with Crippen molar-refractivity contribution < 1.29 is 38.0 Å². The molecule has 8 rings (SSSR count). The maximum Gasteiger partial charge on any atom is 0.410 e. The number of H-pyrrole nitrogens is 2. The molecule has 15 nitrogen and oxygen atoms in total. The minimum atomic E-state index is -0.764. The standard InChI is InChI=1S/C49H58N8O7/c1-24(2)39(54-48(60)63-9)46(58)56-22-29(23-62-8)19-38(56)45-51-37-18-14-33-21-31(12-16-35(33)42(37)53-45)30-11-15-34-32(20-30)13-17-36-41(34)52-44(50-36)28(7)57(43-26(5)27(43)6)47(59)40(25(3)4)55-49(61)64-10/h11-18,20-21,24-29,38-40H,19,22-23H2,1-10H3,(H3-,50,51,52,53,54,55,60,61)/p+1. The van der Waals surface area contributed by atoms with Crippen LogP contribution in [-0.2, 0) is 23.8 Å². The predicted octanol–water partition coefficient (Wildman–Crippen LogP) is 8.04. The molecule has 2 aliphatic rings. The first-order valence-corrected chi connectivity index (χ1v) is 22.2. The van der Waals surface area contributed by atoms with E-state index in [0.717, 1.165) is 60.5 Å². The molecular weight excluding hydrogens is 813 g/mol. The Morgan fingerprint density at radius 2 is 1.30 bits per heavy atom. The first-order valence-electron chi connectivity index (χ1n) is 22.2. The molecule has 15 heteroatoms. The molecule has 0 bridgehead atoms. The van der Waals surface area contributed by atoms with Gasteiger partial charge < -0.3 is 39.7 Å². The van der Waals surface area contributed by atoms with Gasteiger partial charge in [-0.2, -0.15) is 4.58 Å². The number of nitrogens with zero attached hydrogens (tertiary/aromatic N) is 4. The fraction of sp³-hybridized carbons (Fsp3) is 0.449. The van der Waals surface area contributed by atoms with Gasteiger partial charge in [0.05, 0.1) is 48.9 Å². The molecule has 1 aliphatic carbocycles. The van der Waals surface area contributed by atoms with E-state index in [1.165, 1.54) is 14.2 Å². The van der Waals surface area contributed by atoms with Crippen LogP contribution in [0.25, 0.3) is 54.7 Å². The van der Waals surface area contributed by atoms with E-state index in [9.17, 15) is 19.2 Å². The van der Waals surface area contributed by atoms with Gasteiger partial charge in [-0.3, -0.25) is 4.79 Å². The molecule has 6 aromatic rings. The molecule has 0 radical (unpaired) electrons. The van der Waals surface area contributed by atoms with E-state index < -0.39 is 30.3 Å². The highest BCUT2D eigenvalue weighted by Crippen LogP contribution is 2.39. The van der Waals surface area contributed by atoms with Gasteiger partial charge in [0.2, 0.25) is 11.9 Å². The second kappa shape index (κ2) is 17.7. The maximum atomic E-state index is 14.2. The van der Waals surface area contributed by atoms with Crippen molar-refractivity contribution in [3.8, 4) is 11.1 Å². The topological polar surface area (TPSA) is 184 Å². The van der Waals surface area contributed by atoms with Crippen LogP contribution in [0.3, 0.4) is 0 Å². The first kappa shape index (κ1) is 44.3. The number of rotatable bonds is 12. The molecule has 2 fully saturated rings. The third kappa shape index (κ3) is 8.17. The zero-order valence-corrected chi connectivity index (χ0v) is 38.2. The van der Waals surface area contributed by atoms with Gasteiger partial charge in [-0.15, -0.1) is 0 Å². The number of imidazole rings is 2. The summed E-state index contributed by atoms with van der Waals surface area (Å²) in [4.78, 5) is 71.8. The van der Waals surface area contributed by atoms with E-state index in [1.54, 1.807) is 7.11 Å². The van der Waals surface area contributed by atoms with Gasteiger partial charge >= 0.3 is 18.1 Å². The van der Waals surface area contributed by atoms with Crippen molar-refractivity contribution >= 4 is 73.3 Å². The number of methoxy groups -OCH3 is 3. The van der Waals surface area contributed by atoms with E-state index in [-0.39, 0.29) is 47.4 Å². The third-order valence-electron chi connectivity index (χ3n) is 13.4. The van der Waals surface area contributed by atoms with Crippen LogP contribution in [0.2, 0.25) is 0 Å². The quantitative estimate of drug-likeness (QED) is 0.0885. The number of fused-ring (bicyclic) bond motifs is 6. The van der Waals surface area contributed by atoms with Gasteiger partial charge in [0.1, 0.15) is 11.9 Å². The number of benzene rings is 4. The highest BCUT2D eigenvalue weighted by atomic mass is 16.5. The van der Waals surface area contributed by atoms with Crippen molar-refractivity contribution in [3.05, 3.63) is 72.3 Å². The highest BCUT2D eigenvalue weighted by molar-refractivity contribution is 6.08. The monoisotopic (exact) mass is 871 g/mol. The molecule has 1 aliphatic heterocycles. The number of carbonyl (C=O) groups is 4. The molecule has 64 heavy (non-hydrogen) atoms. The van der Waals surface area contributed by atoms with E-state index >= 15 is 0 Å². The van der Waals surface area contributed by atoms with Crippen molar-refractivity contribution in [1.29, 1.82) is 0 Å². The Bertz CT molecular complexity index is 2820. The summed E-state index contributed by atoms with van der Waals surface area (Å²) in [5, 5.41) is 9.52. The summed E-state index contributed by atoms with van der Waals surface area (Å²) in [6.07, 6.45) is -0.619. The zero-order valence-electron chi connectivity index (χ0n) is 38.2. The lowest BCUT2D eigenvalue weighted by molar-refractivity contribution is -0.493. The molecule has 1 saturated carbocycles. The van der Waals surface area contributed by atoms with Crippen LogP contribution >= 0.6 is 0 Å². The molecule has 4 N–H and O–H groups in total. The summed E-state index contributed by atoms with van der Waals surface area (Å²) in [6.45, 7) is 14.8. The Hall–Kier alpha value is -6.35. The lowest BCUT2D eigenvalue weighted by Gasteiger charge is -2.30. The Kier molecular flexibility index (Phi) is 12.2. The summed E-state index contributed by atoms with van der Waals surface area (Å²) in [6, 6.07) is 18.7. The number of aromatic amines is 2. The van der Waals surface area contributed by atoms with Crippen molar-refractivity contribution in [2.24, 2.45) is 29.6 Å². The van der Waals surface area contributed by atoms with Crippen LogP contribution in [0.5, 0.6) is 0 Å². The largest absolute Gasteiger partial charge is 0.453 e. The third-order valence-corrected chi connectivity index (χ3v) is 13.4. The molecule has 3 heterocycles. The number of hydrogen-bond acceptors (Lipinski definition) is 9. The van der Waals surface area contributed by atoms with Crippen molar-refractivity contribution in [2.45, 2.75) is 79.1 Å². The van der Waals surface area contributed by atoms with Crippen LogP contribution in [0.4, 0.5) is 9.59 Å². The lowest BCUT2D eigenvalue weighted by atomic mass is 9.98. The number of hydrogen-bond donors (Lipinski definition) is 4. The highest BCUT2D eigenvalue weighted by Gasteiger charge is 2.52. The number of alkyl carbamates (subject to hydrolysis) is 2. The molecule has 1 saturated heterocycles. The molecule has 0 spiro atoms. The summed E-state index contributed by atoms with van der Waals surface area (Å²) in [5.41, 5.74) is 6.51. The fourth-order valence-corrected chi connectivity index (χ4v) is 9.51. The van der Waals surface area contributed by atoms with Crippen LogP contribution in [0, 0.1) is 29.6 Å². The van der Waals surface area contributed by atoms with Gasteiger partial charge in [-0.1, -0.05) is 77.9 Å². The molecule has 336 valence electrons. The van der Waals surface area contributed by atoms with E-state index in [0.29, 0.717) is 31.2 Å². The van der Waals surface area contributed by atoms with Crippen molar-refractivity contribution in [3.63, 3.8) is 0 Å². The van der Waals surface area contributed by atoms with Crippen LogP contribution < -0.4 is 10.6 Å². The Morgan fingerprint density at radius 3 is 1.83 bits per heavy atom. The SMILES string of the molecule is COCC1CC(c2nc3c(ccc4cc(-c5ccc6c(ccc7[nH]c(C(C)[N+](C(=O)C(NC(=O)OC)C(C)C)=C8C(C)C8C)nc76)c5)ccc43)[nH]2)N(C(=O)C(NC(=O)OC)C(C)C)C1. The van der Waals surface area contributed by atoms with Crippen molar-refractivity contribution in [2.75, 3.05) is 34.5 Å². The van der Waals surface area contributed by atoms with Crippen LogP contribution in [-0.4, -0.2) is 106 Å². The summed E-state index contributed by atoms with van der Waals surface area (Å²) >= 11 is 0. The summed E-state index contributed by atoms with van der Waals surface area (Å²) in [5.74, 6) is 1.24. The number of carbonyl (C=O) groups excluding carboxylic acids is 4. The van der Waals surface area contributed by atoms with Gasteiger partial charge in [0, 0.05) is 49.1 Å². The van der Waals surface area contributed by atoms with E-state index in [1.807, 2.05) is 56.2 Å². The summed E-state index contributed by atoms with van der Waals surface area (Å²) < 4.78 is 17.0. The van der Waals surface area contributed by atoms with Gasteiger partial charge in [-0.05, 0) is 64.4 Å². The molecular formula is C49H59N8O7+.